The number of nitrogens with zero attached hydrogens (tertiary/aromatic N) is 2. The van der Waals surface area contributed by atoms with Crippen molar-refractivity contribution in [1.82, 2.24) is 4.98 Å². The molecule has 0 aliphatic heterocycles. The summed E-state index contributed by atoms with van der Waals surface area (Å²) < 4.78 is 0. The number of hydrogen-bond donors (Lipinski definition) is 1. The lowest BCUT2D eigenvalue weighted by Crippen LogP contribution is -1.97. The van der Waals surface area contributed by atoms with Crippen LogP contribution < -0.4 is 0 Å². The van der Waals surface area contributed by atoms with Crippen LogP contribution in [0.25, 0.3) is 0 Å². The maximum Gasteiger partial charge on any atom is 0.313 e. The monoisotopic (exact) mass is 194 g/mol. The lowest BCUT2D eigenvalue weighted by Gasteiger charge is -1.96. The van der Waals surface area contributed by atoms with Crippen molar-refractivity contribution in [3.05, 3.63) is 24.0 Å². The molecule has 0 radical (unpaired) electrons. The fraction of sp³-hybridized carbons (Fsp3) is 0.125. The van der Waals surface area contributed by atoms with Crippen LogP contribution in [0.3, 0.4) is 0 Å². The highest BCUT2D eigenvalue weighted by Gasteiger charge is 1.99. The van der Waals surface area contributed by atoms with Crippen LogP contribution in [0.1, 0.15) is 5.69 Å². The summed E-state index contributed by atoms with van der Waals surface area (Å²) in [4.78, 5) is 14.8. The molecule has 1 rings (SSSR count). The predicted molar refractivity (Wildman–Crippen MR) is 47.3 cm³/mol. The fourth-order valence-electron chi connectivity index (χ4n) is 0.677. The standard InChI is InChI=1S/C8H6N2O2S/c9-3-6-1-2-7(4-10-6)13-5-8(11)12/h1-2,4H,5H2,(H,11,12). The van der Waals surface area contributed by atoms with Crippen molar-refractivity contribution in [2.75, 3.05) is 5.75 Å². The van der Waals surface area contributed by atoms with Crippen LogP contribution in [0.5, 0.6) is 0 Å². The highest BCUT2D eigenvalue weighted by Crippen LogP contribution is 2.15. The van der Waals surface area contributed by atoms with Gasteiger partial charge in [-0.2, -0.15) is 5.26 Å². The number of hydrogen-bond acceptors (Lipinski definition) is 4. The summed E-state index contributed by atoms with van der Waals surface area (Å²) in [7, 11) is 0. The lowest BCUT2D eigenvalue weighted by atomic mass is 10.4. The van der Waals surface area contributed by atoms with Gasteiger partial charge in [-0.05, 0) is 12.1 Å². The van der Waals surface area contributed by atoms with Gasteiger partial charge in [0.05, 0.1) is 5.75 Å². The molecule has 4 nitrogen and oxygen atoms in total. The molecule has 0 saturated carbocycles. The number of carboxylic acids is 1. The quantitative estimate of drug-likeness (QED) is 0.730. The van der Waals surface area contributed by atoms with Crippen LogP contribution in [0.15, 0.2) is 23.2 Å². The minimum absolute atomic E-state index is 0.00752. The topological polar surface area (TPSA) is 74.0 Å². The zero-order valence-electron chi connectivity index (χ0n) is 6.60. The van der Waals surface area contributed by atoms with E-state index in [9.17, 15) is 4.79 Å². The maximum atomic E-state index is 10.2. The second kappa shape index (κ2) is 4.48. The van der Waals surface area contributed by atoms with Gasteiger partial charge in [0.15, 0.2) is 0 Å². The number of rotatable bonds is 3. The first-order valence-electron chi connectivity index (χ1n) is 3.43. The van der Waals surface area contributed by atoms with E-state index >= 15 is 0 Å². The average molecular weight is 194 g/mol. The van der Waals surface area contributed by atoms with Crippen molar-refractivity contribution in [1.29, 1.82) is 5.26 Å². The van der Waals surface area contributed by atoms with Gasteiger partial charge in [0.2, 0.25) is 0 Å². The first-order valence-corrected chi connectivity index (χ1v) is 4.41. The first kappa shape index (κ1) is 9.55. The molecule has 1 heterocycles. The Morgan fingerprint density at radius 1 is 1.69 bits per heavy atom. The molecule has 0 amide bonds. The van der Waals surface area contributed by atoms with Crippen molar-refractivity contribution in [3.63, 3.8) is 0 Å². The van der Waals surface area contributed by atoms with Gasteiger partial charge in [-0.25, -0.2) is 4.98 Å². The van der Waals surface area contributed by atoms with Crippen molar-refractivity contribution in [3.8, 4) is 6.07 Å². The Morgan fingerprint density at radius 3 is 2.92 bits per heavy atom. The third-order valence-electron chi connectivity index (χ3n) is 1.21. The molecule has 1 N–H and O–H groups in total. The molecule has 0 aliphatic carbocycles. The van der Waals surface area contributed by atoms with E-state index in [4.69, 9.17) is 10.4 Å². The van der Waals surface area contributed by atoms with Gasteiger partial charge >= 0.3 is 5.97 Å². The summed E-state index contributed by atoms with van der Waals surface area (Å²) in [6.07, 6.45) is 1.49. The van der Waals surface area contributed by atoms with Crippen LogP contribution in [0, 0.1) is 11.3 Å². The van der Waals surface area contributed by atoms with E-state index in [-0.39, 0.29) is 5.75 Å². The number of aromatic nitrogens is 1. The number of carboxylic acid groups (broad SMARTS) is 1. The summed E-state index contributed by atoms with van der Waals surface area (Å²) >= 11 is 1.18. The van der Waals surface area contributed by atoms with E-state index in [1.54, 1.807) is 12.1 Å². The fourth-order valence-corrected chi connectivity index (χ4v) is 1.26. The molecule has 0 spiro atoms. The Kier molecular flexibility index (Phi) is 3.29. The van der Waals surface area contributed by atoms with Crippen molar-refractivity contribution >= 4 is 17.7 Å². The molecule has 1 aromatic rings. The summed E-state index contributed by atoms with van der Waals surface area (Å²) in [5, 5.41) is 16.8. The van der Waals surface area contributed by atoms with E-state index in [1.807, 2.05) is 6.07 Å². The van der Waals surface area contributed by atoms with Gasteiger partial charge in [-0.3, -0.25) is 4.79 Å². The van der Waals surface area contributed by atoms with E-state index in [2.05, 4.69) is 4.98 Å². The van der Waals surface area contributed by atoms with E-state index in [0.29, 0.717) is 5.69 Å². The number of pyridine rings is 1. The van der Waals surface area contributed by atoms with Gasteiger partial charge in [0, 0.05) is 11.1 Å². The smallest absolute Gasteiger partial charge is 0.313 e. The molecule has 0 bridgehead atoms. The molecule has 66 valence electrons. The normalized spacial score (nSPS) is 9.15. The largest absolute Gasteiger partial charge is 0.481 e. The van der Waals surface area contributed by atoms with Crippen LogP contribution in [0.2, 0.25) is 0 Å². The molecule has 1 aromatic heterocycles. The highest BCUT2D eigenvalue weighted by molar-refractivity contribution is 8.00. The molecule has 0 aromatic carbocycles. The van der Waals surface area contributed by atoms with Crippen molar-refractivity contribution < 1.29 is 9.90 Å². The molecule has 0 saturated heterocycles. The van der Waals surface area contributed by atoms with Crippen LogP contribution in [0.4, 0.5) is 0 Å². The number of aliphatic carboxylic acids is 1. The van der Waals surface area contributed by atoms with E-state index in [0.717, 1.165) is 4.90 Å². The van der Waals surface area contributed by atoms with Crippen LogP contribution in [-0.4, -0.2) is 21.8 Å². The van der Waals surface area contributed by atoms with Gasteiger partial charge in [0.25, 0.3) is 0 Å². The second-order valence-electron chi connectivity index (χ2n) is 2.17. The van der Waals surface area contributed by atoms with Gasteiger partial charge in [-0.1, -0.05) is 0 Å². The summed E-state index contributed by atoms with van der Waals surface area (Å²) in [5.41, 5.74) is 0.333. The minimum Gasteiger partial charge on any atom is -0.481 e. The SMILES string of the molecule is N#Cc1ccc(SCC(=O)O)cn1. The second-order valence-corrected chi connectivity index (χ2v) is 3.22. The zero-order chi connectivity index (χ0) is 9.68. The summed E-state index contributed by atoms with van der Waals surface area (Å²) in [5.74, 6) is -0.859. The van der Waals surface area contributed by atoms with Crippen molar-refractivity contribution in [2.45, 2.75) is 4.90 Å². The Morgan fingerprint density at radius 2 is 2.46 bits per heavy atom. The third kappa shape index (κ3) is 3.13. The van der Waals surface area contributed by atoms with Crippen LogP contribution in [-0.2, 0) is 4.79 Å². The maximum absolute atomic E-state index is 10.2. The Hall–Kier alpha value is -1.54. The molecule has 0 aliphatic rings. The molecular weight excluding hydrogens is 188 g/mol. The highest BCUT2D eigenvalue weighted by atomic mass is 32.2. The number of carbonyl (C=O) groups is 1. The Balaban J connectivity index is 2.60. The van der Waals surface area contributed by atoms with Gasteiger partial charge in [0.1, 0.15) is 11.8 Å². The van der Waals surface area contributed by atoms with E-state index < -0.39 is 5.97 Å². The average Bonchev–Trinajstić information content (AvgIpc) is 2.15. The Bertz CT molecular complexity index is 342. The number of nitriles is 1. The molecule has 0 atom stereocenters. The Labute approximate surface area is 79.2 Å². The van der Waals surface area contributed by atoms with Crippen molar-refractivity contribution in [2.24, 2.45) is 0 Å². The van der Waals surface area contributed by atoms with Gasteiger partial charge in [-0.15, -0.1) is 11.8 Å². The molecule has 0 unspecified atom stereocenters. The van der Waals surface area contributed by atoms with Gasteiger partial charge < -0.3 is 5.11 Å². The molecular formula is C8H6N2O2S. The molecule has 0 fully saturated rings. The molecule has 5 heteroatoms. The zero-order valence-corrected chi connectivity index (χ0v) is 7.41. The first-order chi connectivity index (χ1) is 6.22. The van der Waals surface area contributed by atoms with E-state index in [1.165, 1.54) is 18.0 Å². The van der Waals surface area contributed by atoms with Crippen LogP contribution >= 0.6 is 11.8 Å². The molecule has 13 heavy (non-hydrogen) atoms. The minimum atomic E-state index is -0.866. The third-order valence-corrected chi connectivity index (χ3v) is 2.18. The lowest BCUT2D eigenvalue weighted by molar-refractivity contribution is -0.133. The number of thioether (sulfide) groups is 1. The summed E-state index contributed by atoms with van der Waals surface area (Å²) in [6, 6.07) is 5.12. The summed E-state index contributed by atoms with van der Waals surface area (Å²) in [6.45, 7) is 0. The predicted octanol–water partition coefficient (Wildman–Crippen LogP) is 1.13.